The molecule has 2 aromatic rings. The predicted molar refractivity (Wildman–Crippen MR) is 202 cm³/mol. The van der Waals surface area contributed by atoms with Gasteiger partial charge in [0.2, 0.25) is 17.6 Å². The fraction of sp³-hybridized carbons (Fsp3) is 0.585. The molecule has 2 aliphatic carbocycles. The minimum absolute atomic E-state index is 0.0192. The zero-order chi connectivity index (χ0) is 40.2. The van der Waals surface area contributed by atoms with E-state index in [9.17, 15) is 24.0 Å². The number of aromatic nitrogens is 1. The van der Waals surface area contributed by atoms with Gasteiger partial charge in [-0.2, -0.15) is 4.79 Å². The monoisotopic (exact) mass is 760 g/mol. The standard InChI is InChI=1S/C41H53N5O9/c1-9-25-21-41(25,37(51)44-34(49)30(47)23-11-10-12-23)32(42)31(48)29-20-27(54-35-28-14-13-26(53-8)19-24(28)15-16-43-35)22-45(29)36(50)33(39(2,3)4)46(17-18-46)38(52)55-40(5,6)7/h9,13-16,19,23,25,27,29,32-33H,1,10-12,17-18,20-22,42H2,2-8H3/p+1/t25?,27-,29?,32-,33-,41+/m1/s1. The Kier molecular flexibility index (Phi) is 10.5. The molecule has 14 nitrogen and oxygen atoms in total. The third kappa shape index (κ3) is 7.50. The van der Waals surface area contributed by atoms with Crippen molar-refractivity contribution >= 4 is 46.2 Å². The number of nitrogens with zero attached hydrogens (tertiary/aromatic N) is 3. The molecule has 2 unspecified atom stereocenters. The molecule has 55 heavy (non-hydrogen) atoms. The lowest BCUT2D eigenvalue weighted by atomic mass is 9.81. The highest BCUT2D eigenvalue weighted by Crippen LogP contribution is 2.56. The number of Topliss-reactive ketones (excluding diaryl/α,β-unsaturated/α-hetero) is 2. The van der Waals surface area contributed by atoms with Gasteiger partial charge in [0.05, 0.1) is 31.2 Å². The number of fused-ring (bicyclic) bond motifs is 1. The largest absolute Gasteiger partial charge is 0.517 e. The summed E-state index contributed by atoms with van der Waals surface area (Å²) >= 11 is 0. The Labute approximate surface area is 321 Å². The van der Waals surface area contributed by atoms with Crippen LogP contribution in [-0.2, 0) is 28.7 Å². The lowest BCUT2D eigenvalue weighted by Crippen LogP contribution is -2.62. The van der Waals surface area contributed by atoms with Crippen LogP contribution in [0.4, 0.5) is 4.79 Å². The van der Waals surface area contributed by atoms with Crippen molar-refractivity contribution in [2.75, 3.05) is 26.7 Å². The van der Waals surface area contributed by atoms with Crippen molar-refractivity contribution in [3.8, 4) is 11.6 Å². The van der Waals surface area contributed by atoms with Crippen LogP contribution in [0.5, 0.6) is 11.6 Å². The maximum atomic E-state index is 15.1. The summed E-state index contributed by atoms with van der Waals surface area (Å²) in [5, 5.41) is 3.74. The number of amides is 4. The summed E-state index contributed by atoms with van der Waals surface area (Å²) in [5.41, 5.74) is 3.66. The van der Waals surface area contributed by atoms with Gasteiger partial charge in [0.15, 0.2) is 11.8 Å². The van der Waals surface area contributed by atoms with Gasteiger partial charge in [-0.3, -0.25) is 29.3 Å². The molecule has 2 saturated carbocycles. The molecule has 14 heteroatoms. The fourth-order valence-electron chi connectivity index (χ4n) is 8.35. The minimum atomic E-state index is -1.55. The normalized spacial score (nSPS) is 25.5. The van der Waals surface area contributed by atoms with Crippen LogP contribution in [0.3, 0.4) is 0 Å². The van der Waals surface area contributed by atoms with E-state index in [0.717, 1.165) is 11.8 Å². The molecule has 1 aromatic carbocycles. The van der Waals surface area contributed by atoms with Gasteiger partial charge in [0, 0.05) is 29.3 Å². The number of ketones is 2. The van der Waals surface area contributed by atoms with E-state index in [-0.39, 0.29) is 23.9 Å². The molecule has 3 N–H and O–H groups in total. The first-order valence-electron chi connectivity index (χ1n) is 19.1. The molecule has 3 heterocycles. The first kappa shape index (κ1) is 40.0. The zero-order valence-corrected chi connectivity index (χ0v) is 32.9. The molecular weight excluding hydrogens is 706 g/mol. The quantitative estimate of drug-likeness (QED) is 0.139. The smallest absolute Gasteiger partial charge is 0.497 e. The number of hydrogen-bond donors (Lipinski definition) is 2. The molecule has 0 radical (unpaired) electrons. The van der Waals surface area contributed by atoms with Crippen molar-refractivity contribution in [3.63, 3.8) is 0 Å². The first-order chi connectivity index (χ1) is 25.8. The Morgan fingerprint density at radius 2 is 1.76 bits per heavy atom. The Morgan fingerprint density at radius 1 is 1.07 bits per heavy atom. The van der Waals surface area contributed by atoms with Gasteiger partial charge in [0.25, 0.3) is 11.8 Å². The van der Waals surface area contributed by atoms with Gasteiger partial charge in [-0.15, -0.1) is 6.58 Å². The molecule has 0 spiro atoms. The van der Waals surface area contributed by atoms with Crippen LogP contribution >= 0.6 is 0 Å². The number of nitrogens with two attached hydrogens (primary N) is 1. The number of likely N-dealkylation sites (tertiary alicyclic amines) is 1. The second-order valence-electron chi connectivity index (χ2n) is 17.7. The number of nitrogens with one attached hydrogen (secondary N) is 1. The van der Waals surface area contributed by atoms with Gasteiger partial charge in [-0.05, 0) is 75.6 Å². The molecule has 4 amide bonds. The number of carbonyl (C=O) groups is 6. The van der Waals surface area contributed by atoms with E-state index in [2.05, 4.69) is 16.9 Å². The average molecular weight is 761 g/mol. The molecule has 6 atom stereocenters. The molecule has 4 fully saturated rings. The summed E-state index contributed by atoms with van der Waals surface area (Å²) in [6.07, 6.45) is 4.01. The maximum absolute atomic E-state index is 15.1. The highest BCUT2D eigenvalue weighted by Gasteiger charge is 2.68. The number of imide groups is 1. The maximum Gasteiger partial charge on any atom is 0.517 e. The van der Waals surface area contributed by atoms with Crippen LogP contribution in [0.25, 0.3) is 10.8 Å². The minimum Gasteiger partial charge on any atom is -0.497 e. The number of pyridine rings is 1. The third-order valence-electron chi connectivity index (χ3n) is 11.7. The summed E-state index contributed by atoms with van der Waals surface area (Å²) in [7, 11) is 1.57. The van der Waals surface area contributed by atoms with Crippen molar-refractivity contribution in [3.05, 3.63) is 43.1 Å². The third-order valence-corrected chi connectivity index (χ3v) is 11.7. The van der Waals surface area contributed by atoms with E-state index in [1.54, 1.807) is 40.1 Å². The van der Waals surface area contributed by atoms with Crippen LogP contribution in [0.15, 0.2) is 43.1 Å². The number of allylic oxidation sites excluding steroid dienone is 1. The van der Waals surface area contributed by atoms with Gasteiger partial charge in [0.1, 0.15) is 30.5 Å². The van der Waals surface area contributed by atoms with Crippen LogP contribution in [-0.4, -0.2) is 106 Å². The van der Waals surface area contributed by atoms with Crippen molar-refractivity contribution < 1.29 is 47.5 Å². The lowest BCUT2D eigenvalue weighted by molar-refractivity contribution is -0.753. The lowest BCUT2D eigenvalue weighted by Gasteiger charge is -2.39. The Balaban J connectivity index is 1.33. The van der Waals surface area contributed by atoms with E-state index in [1.807, 2.05) is 39.0 Å². The molecule has 1 aromatic heterocycles. The predicted octanol–water partition coefficient (Wildman–Crippen LogP) is 3.87. The van der Waals surface area contributed by atoms with Crippen molar-refractivity contribution in [2.45, 2.75) is 103 Å². The van der Waals surface area contributed by atoms with Crippen LogP contribution in [0, 0.1) is 22.7 Å². The van der Waals surface area contributed by atoms with Crippen LogP contribution in [0.1, 0.15) is 73.6 Å². The topological polar surface area (TPSA) is 184 Å². The van der Waals surface area contributed by atoms with E-state index in [4.69, 9.17) is 19.9 Å². The zero-order valence-electron chi connectivity index (χ0n) is 32.9. The van der Waals surface area contributed by atoms with Crippen molar-refractivity contribution in [1.29, 1.82) is 0 Å². The molecule has 2 saturated heterocycles. The molecule has 296 valence electrons. The highest BCUT2D eigenvalue weighted by atomic mass is 16.6. The highest BCUT2D eigenvalue weighted by molar-refractivity contribution is 6.40. The van der Waals surface area contributed by atoms with E-state index < -0.39 is 87.9 Å². The Hall–Kier alpha value is -4.69. The summed E-state index contributed by atoms with van der Waals surface area (Å²) in [6.45, 7) is 15.5. The number of hydrogen-bond acceptors (Lipinski definition) is 11. The van der Waals surface area contributed by atoms with Gasteiger partial charge in [-0.25, -0.2) is 9.47 Å². The number of methoxy groups -OCH3 is 1. The Morgan fingerprint density at radius 3 is 2.31 bits per heavy atom. The molecule has 4 aliphatic rings. The molecule has 0 bridgehead atoms. The fourth-order valence-corrected chi connectivity index (χ4v) is 8.35. The van der Waals surface area contributed by atoms with E-state index in [1.165, 1.54) is 11.0 Å². The van der Waals surface area contributed by atoms with Gasteiger partial charge >= 0.3 is 6.09 Å². The molecule has 6 rings (SSSR count). The van der Waals surface area contributed by atoms with Crippen LogP contribution < -0.4 is 20.5 Å². The number of carbonyl (C=O) groups excluding carboxylic acids is 6. The van der Waals surface area contributed by atoms with Gasteiger partial charge in [-0.1, -0.05) is 33.3 Å². The summed E-state index contributed by atoms with van der Waals surface area (Å²) in [6, 6.07) is 3.72. The summed E-state index contributed by atoms with van der Waals surface area (Å²) in [4.78, 5) is 88.8. The number of rotatable bonds is 12. The van der Waals surface area contributed by atoms with E-state index in [0.29, 0.717) is 42.9 Å². The molecular formula is C41H54N5O9+. The van der Waals surface area contributed by atoms with Crippen LogP contribution in [0.2, 0.25) is 0 Å². The van der Waals surface area contributed by atoms with Crippen molar-refractivity contribution in [1.82, 2.24) is 15.2 Å². The number of benzene rings is 1. The van der Waals surface area contributed by atoms with Gasteiger partial charge < -0.3 is 24.8 Å². The summed E-state index contributed by atoms with van der Waals surface area (Å²) in [5.74, 6) is -3.57. The molecule has 2 aliphatic heterocycles. The number of ether oxygens (including phenoxy) is 3. The van der Waals surface area contributed by atoms with E-state index >= 15 is 4.79 Å². The average Bonchev–Trinajstić information content (AvgIpc) is 4.00. The first-order valence-corrected chi connectivity index (χ1v) is 19.1. The summed E-state index contributed by atoms with van der Waals surface area (Å²) < 4.78 is 17.5. The Bertz CT molecular complexity index is 1920. The van der Waals surface area contributed by atoms with Crippen molar-refractivity contribution in [2.24, 2.45) is 28.4 Å². The number of quaternary nitrogens is 1. The SMILES string of the molecule is C=CC1C[C@@]1(C(=O)NC(=O)C(=O)C1CCC1)[C@H](N)C(=O)C1C[C@@H](Oc2nccc3cc(OC)ccc23)CN1C(=O)[C@H](C(C)(C)C)[N+]1(C(=O)OC(C)(C)C)CC1. The second-order valence-corrected chi connectivity index (χ2v) is 17.7. The second kappa shape index (κ2) is 14.4.